The van der Waals surface area contributed by atoms with Crippen molar-refractivity contribution in [3.8, 4) is 5.69 Å². The van der Waals surface area contributed by atoms with Gasteiger partial charge in [-0.2, -0.15) is 18.3 Å². The van der Waals surface area contributed by atoms with Crippen LogP contribution < -0.4 is 26.2 Å². The molecule has 5 heterocycles. The number of piperazine rings is 1. The maximum Gasteiger partial charge on any atom is 0.433 e. The smallest absolute Gasteiger partial charge is 0.368 e. The van der Waals surface area contributed by atoms with Crippen molar-refractivity contribution >= 4 is 46.8 Å². The number of nitrogens with two attached hydrogens (primary N) is 1. The Kier molecular flexibility index (Phi) is 10.0. The fourth-order valence-electron chi connectivity index (χ4n) is 8.40. The van der Waals surface area contributed by atoms with Crippen LogP contribution in [0.1, 0.15) is 70.3 Å². The highest BCUT2D eigenvalue weighted by atomic mass is 19.4. The molecule has 4 aromatic rings. The van der Waals surface area contributed by atoms with E-state index >= 15 is 0 Å². The Bertz CT molecular complexity index is 2240. The number of imide groups is 1. The molecule has 3 saturated heterocycles. The van der Waals surface area contributed by atoms with Crippen molar-refractivity contribution in [1.82, 2.24) is 29.9 Å². The second-order valence-corrected chi connectivity index (χ2v) is 15.3. The molecule has 1 spiro atoms. The number of likely N-dealkylation sites (tertiary alicyclic amines) is 1. The van der Waals surface area contributed by atoms with E-state index in [1.165, 1.54) is 16.4 Å². The van der Waals surface area contributed by atoms with Gasteiger partial charge in [0.1, 0.15) is 11.4 Å². The standard InChI is InChI=1S/C40H41F3N10O5/c41-40(42,43)32-3-1-2-30(45-32)36(56)46-31-24-53(48-34(31)35(44)55)29-10-8-27(9-11-29)49-18-20-51(21-19-49)38(58)50-16-13-39(14-17-50)22-26(23-39)25-4-6-28(7-5-25)52-15-12-33(54)47-37(52)57/h1-11,24,26H,12-23H2,(H2,44,55)(H,46,56)(H,47,54,57). The number of benzene rings is 2. The maximum atomic E-state index is 13.5. The Morgan fingerprint density at radius 2 is 1.45 bits per heavy atom. The van der Waals surface area contributed by atoms with Crippen molar-refractivity contribution in [3.05, 3.63) is 95.6 Å². The number of piperidine rings is 1. The fourth-order valence-corrected chi connectivity index (χ4v) is 8.40. The van der Waals surface area contributed by atoms with Gasteiger partial charge in [-0.25, -0.2) is 19.3 Å². The normalized spacial score (nSPS) is 18.5. The van der Waals surface area contributed by atoms with Crippen LogP contribution in [-0.2, 0) is 11.0 Å². The van der Waals surface area contributed by atoms with Crippen molar-refractivity contribution in [1.29, 1.82) is 0 Å². The SMILES string of the molecule is NC(=O)c1nn(-c2ccc(N3CCN(C(=O)N4CCC5(CC4)CC(c4ccc(N6CCC(=O)NC6=O)cc4)C5)CC3)cc2)cc1NC(=O)c1cccc(C(F)(F)F)n1. The lowest BCUT2D eigenvalue weighted by atomic mass is 9.56. The fraction of sp³-hybridized carbons (Fsp3) is 0.375. The molecular formula is C40H41F3N10O5. The van der Waals surface area contributed by atoms with Crippen molar-refractivity contribution in [3.63, 3.8) is 0 Å². The molecule has 0 bridgehead atoms. The molecule has 4 aliphatic rings. The molecule has 0 unspecified atom stereocenters. The molecule has 1 saturated carbocycles. The largest absolute Gasteiger partial charge is 0.433 e. The summed E-state index contributed by atoms with van der Waals surface area (Å²) in [5.74, 6) is -1.71. The molecule has 0 atom stereocenters. The van der Waals surface area contributed by atoms with E-state index in [1.54, 1.807) is 17.0 Å². The number of nitrogens with zero attached hydrogens (tertiary/aromatic N) is 7. The zero-order valence-corrected chi connectivity index (χ0v) is 31.4. The summed E-state index contributed by atoms with van der Waals surface area (Å²) in [4.78, 5) is 73.2. The van der Waals surface area contributed by atoms with Gasteiger partial charge in [0.25, 0.3) is 11.8 Å². The van der Waals surface area contributed by atoms with Gasteiger partial charge in [-0.05, 0) is 91.1 Å². The Morgan fingerprint density at radius 3 is 2.09 bits per heavy atom. The van der Waals surface area contributed by atoms with E-state index in [-0.39, 0.29) is 41.2 Å². The van der Waals surface area contributed by atoms with Crippen LogP contribution in [0.3, 0.4) is 0 Å². The molecule has 7 amide bonds. The van der Waals surface area contributed by atoms with Gasteiger partial charge in [-0.15, -0.1) is 0 Å². The summed E-state index contributed by atoms with van der Waals surface area (Å²) in [5, 5.41) is 8.96. The zero-order valence-electron chi connectivity index (χ0n) is 31.4. The zero-order chi connectivity index (χ0) is 40.8. The van der Waals surface area contributed by atoms with Crippen LogP contribution in [-0.4, -0.2) is 100 Å². The van der Waals surface area contributed by atoms with Gasteiger partial charge < -0.3 is 25.8 Å². The third-order valence-electron chi connectivity index (χ3n) is 11.7. The molecule has 3 aliphatic heterocycles. The number of hydrogen-bond donors (Lipinski definition) is 3. The molecule has 15 nitrogen and oxygen atoms in total. The van der Waals surface area contributed by atoms with Crippen LogP contribution in [0.25, 0.3) is 5.69 Å². The van der Waals surface area contributed by atoms with E-state index < -0.39 is 29.4 Å². The van der Waals surface area contributed by atoms with Gasteiger partial charge in [0, 0.05) is 63.6 Å². The number of pyridine rings is 1. The minimum atomic E-state index is -4.74. The summed E-state index contributed by atoms with van der Waals surface area (Å²) in [6.45, 7) is 4.25. The first-order valence-corrected chi connectivity index (χ1v) is 19.1. The molecule has 8 rings (SSSR count). The van der Waals surface area contributed by atoms with E-state index in [0.717, 1.165) is 68.3 Å². The van der Waals surface area contributed by atoms with Crippen LogP contribution in [0.4, 0.5) is 39.8 Å². The number of primary amides is 1. The van der Waals surface area contributed by atoms with Crippen molar-refractivity contribution in [2.45, 2.75) is 44.2 Å². The predicted molar refractivity (Wildman–Crippen MR) is 206 cm³/mol. The molecule has 4 fully saturated rings. The van der Waals surface area contributed by atoms with Gasteiger partial charge in [0.05, 0.1) is 17.6 Å². The van der Waals surface area contributed by atoms with Crippen LogP contribution in [0.2, 0.25) is 0 Å². The molecule has 0 radical (unpaired) electrons. The Labute approximate surface area is 330 Å². The number of hydrogen-bond acceptors (Lipinski definition) is 8. The molecule has 18 heteroatoms. The number of alkyl halides is 3. The summed E-state index contributed by atoms with van der Waals surface area (Å²) < 4.78 is 40.7. The Hall–Kier alpha value is -6.46. The van der Waals surface area contributed by atoms with Gasteiger partial charge in [-0.3, -0.25) is 24.6 Å². The molecule has 1 aliphatic carbocycles. The van der Waals surface area contributed by atoms with Crippen LogP contribution in [0, 0.1) is 5.41 Å². The van der Waals surface area contributed by atoms with Crippen LogP contribution in [0.15, 0.2) is 72.9 Å². The number of anilines is 3. The topological polar surface area (TPSA) is 179 Å². The van der Waals surface area contributed by atoms with Gasteiger partial charge in [0.15, 0.2) is 5.69 Å². The minimum absolute atomic E-state index is 0.0652. The Balaban J connectivity index is 0.809. The quantitative estimate of drug-likeness (QED) is 0.234. The summed E-state index contributed by atoms with van der Waals surface area (Å²) in [6, 6.07) is 18.0. The molecular weight excluding hydrogens is 757 g/mol. The number of amides is 7. The number of urea groups is 2. The second kappa shape index (κ2) is 15.1. The van der Waals surface area contributed by atoms with Crippen molar-refractivity contribution in [2.75, 3.05) is 60.9 Å². The lowest BCUT2D eigenvalue weighted by Crippen LogP contribution is -2.56. The van der Waals surface area contributed by atoms with E-state index in [4.69, 9.17) is 5.73 Å². The number of rotatable bonds is 7. The third kappa shape index (κ3) is 7.77. The highest BCUT2D eigenvalue weighted by molar-refractivity contribution is 6.07. The highest BCUT2D eigenvalue weighted by Gasteiger charge is 2.47. The first-order chi connectivity index (χ1) is 27.7. The van der Waals surface area contributed by atoms with E-state index in [1.807, 2.05) is 34.1 Å². The van der Waals surface area contributed by atoms with E-state index in [9.17, 15) is 37.1 Å². The summed E-state index contributed by atoms with van der Waals surface area (Å²) in [7, 11) is 0. The summed E-state index contributed by atoms with van der Waals surface area (Å²) in [5.41, 5.74) is 7.14. The molecule has 4 N–H and O–H groups in total. The number of halogens is 3. The average Bonchev–Trinajstić information content (AvgIpc) is 3.64. The molecule has 2 aromatic heterocycles. The first-order valence-electron chi connectivity index (χ1n) is 19.1. The molecule has 302 valence electrons. The molecule has 58 heavy (non-hydrogen) atoms. The van der Waals surface area contributed by atoms with Gasteiger partial charge >= 0.3 is 18.2 Å². The molecule has 2 aromatic carbocycles. The number of carbonyl (C=O) groups is 5. The number of carbonyl (C=O) groups excluding carboxylic acids is 5. The van der Waals surface area contributed by atoms with Crippen LogP contribution in [0.5, 0.6) is 0 Å². The maximum absolute atomic E-state index is 13.5. The van der Waals surface area contributed by atoms with Crippen molar-refractivity contribution in [2.24, 2.45) is 11.1 Å². The average molecular weight is 799 g/mol. The second-order valence-electron chi connectivity index (χ2n) is 15.3. The summed E-state index contributed by atoms with van der Waals surface area (Å²) in [6.07, 6.45) is 1.000. The highest BCUT2D eigenvalue weighted by Crippen LogP contribution is 2.56. The monoisotopic (exact) mass is 798 g/mol. The van der Waals surface area contributed by atoms with Crippen molar-refractivity contribution < 1.29 is 37.1 Å². The Morgan fingerprint density at radius 1 is 0.810 bits per heavy atom. The lowest BCUT2D eigenvalue weighted by Gasteiger charge is -2.53. The third-order valence-corrected chi connectivity index (χ3v) is 11.7. The summed E-state index contributed by atoms with van der Waals surface area (Å²) >= 11 is 0. The first kappa shape index (κ1) is 38.4. The van der Waals surface area contributed by atoms with Crippen LogP contribution >= 0.6 is 0 Å². The van der Waals surface area contributed by atoms with E-state index in [2.05, 4.69) is 37.7 Å². The number of aromatic nitrogens is 3. The van der Waals surface area contributed by atoms with E-state index in [0.29, 0.717) is 44.3 Å². The minimum Gasteiger partial charge on any atom is -0.368 e. The predicted octanol–water partition coefficient (Wildman–Crippen LogP) is 4.99. The lowest BCUT2D eigenvalue weighted by molar-refractivity contribution is -0.141. The van der Waals surface area contributed by atoms with Gasteiger partial charge in [-0.1, -0.05) is 18.2 Å². The number of nitrogens with one attached hydrogen (secondary N) is 2. The van der Waals surface area contributed by atoms with Gasteiger partial charge in [0.2, 0.25) is 5.91 Å².